The lowest BCUT2D eigenvalue weighted by Gasteiger charge is -2.34. The van der Waals surface area contributed by atoms with Gasteiger partial charge in [0.2, 0.25) is 15.9 Å². The Kier molecular flexibility index (Phi) is 6.60. The molecule has 2 aromatic rings. The third kappa shape index (κ3) is 5.08. The maximum absolute atomic E-state index is 12.9. The normalized spacial score (nSPS) is 21.1. The van der Waals surface area contributed by atoms with Crippen LogP contribution in [0.4, 0.5) is 11.4 Å². The average molecular weight is 443 g/mol. The van der Waals surface area contributed by atoms with E-state index < -0.39 is 10.0 Å². The van der Waals surface area contributed by atoms with Crippen molar-refractivity contribution < 1.29 is 13.2 Å². The van der Waals surface area contributed by atoms with E-state index in [9.17, 15) is 13.2 Å². The fraction of sp³-hybridized carbons (Fsp3) is 0.435. The van der Waals surface area contributed by atoms with Gasteiger partial charge in [0.15, 0.2) is 0 Å². The number of rotatable bonds is 5. The number of amides is 1. The van der Waals surface area contributed by atoms with Crippen molar-refractivity contribution in [2.24, 2.45) is 5.92 Å². The van der Waals surface area contributed by atoms with Crippen LogP contribution in [0.5, 0.6) is 0 Å². The van der Waals surface area contributed by atoms with E-state index in [1.54, 1.807) is 30.3 Å². The Balaban J connectivity index is 1.37. The fourth-order valence-electron chi connectivity index (χ4n) is 4.18. The highest BCUT2D eigenvalue weighted by molar-refractivity contribution is 7.89. The van der Waals surface area contributed by atoms with Crippen molar-refractivity contribution in [3.05, 3.63) is 54.6 Å². The van der Waals surface area contributed by atoms with Gasteiger partial charge in [0, 0.05) is 50.6 Å². The molecule has 7 nitrogen and oxygen atoms in total. The minimum Gasteiger partial charge on any atom is -0.369 e. The van der Waals surface area contributed by atoms with Gasteiger partial charge < -0.3 is 15.1 Å². The largest absolute Gasteiger partial charge is 0.369 e. The third-order valence-corrected chi connectivity index (χ3v) is 8.02. The van der Waals surface area contributed by atoms with Gasteiger partial charge in [-0.3, -0.25) is 4.79 Å². The predicted octanol–water partition coefficient (Wildman–Crippen LogP) is 2.48. The van der Waals surface area contributed by atoms with Crippen LogP contribution in [0.1, 0.15) is 12.8 Å². The number of carbonyl (C=O) groups is 1. The molecule has 0 aromatic heterocycles. The molecule has 2 heterocycles. The Labute approximate surface area is 184 Å². The summed E-state index contributed by atoms with van der Waals surface area (Å²) in [6, 6.07) is 16.3. The quantitative estimate of drug-likeness (QED) is 0.770. The van der Waals surface area contributed by atoms with Crippen molar-refractivity contribution in [2.45, 2.75) is 17.7 Å². The summed E-state index contributed by atoms with van der Waals surface area (Å²) in [5, 5.41) is 2.97. The van der Waals surface area contributed by atoms with Crippen LogP contribution in [0.15, 0.2) is 59.5 Å². The molecule has 1 N–H and O–H groups in total. The van der Waals surface area contributed by atoms with Crippen LogP contribution in [0, 0.1) is 5.92 Å². The van der Waals surface area contributed by atoms with Crippen molar-refractivity contribution in [1.29, 1.82) is 0 Å². The molecule has 1 atom stereocenters. The molecule has 0 radical (unpaired) electrons. The van der Waals surface area contributed by atoms with Gasteiger partial charge in [-0.25, -0.2) is 8.42 Å². The molecule has 2 fully saturated rings. The van der Waals surface area contributed by atoms with E-state index in [1.165, 1.54) is 4.31 Å². The van der Waals surface area contributed by atoms with Crippen LogP contribution in [0.3, 0.4) is 0 Å². The highest BCUT2D eigenvalue weighted by Gasteiger charge is 2.33. The Morgan fingerprint density at radius 3 is 2.29 bits per heavy atom. The topological polar surface area (TPSA) is 73.0 Å². The number of carbonyl (C=O) groups excluding carboxylic acids is 1. The molecule has 2 aromatic carbocycles. The van der Waals surface area contributed by atoms with Gasteiger partial charge in [0.1, 0.15) is 0 Å². The summed E-state index contributed by atoms with van der Waals surface area (Å²) >= 11 is 0. The number of hydrogen-bond acceptors (Lipinski definition) is 5. The van der Waals surface area contributed by atoms with E-state index >= 15 is 0 Å². The molecule has 0 unspecified atom stereocenters. The third-order valence-electron chi connectivity index (χ3n) is 6.14. The van der Waals surface area contributed by atoms with Crippen molar-refractivity contribution >= 4 is 27.3 Å². The first-order valence-electron chi connectivity index (χ1n) is 10.8. The number of hydrogen-bond donors (Lipinski definition) is 1. The van der Waals surface area contributed by atoms with Crippen molar-refractivity contribution in [3.63, 3.8) is 0 Å². The molecule has 31 heavy (non-hydrogen) atoms. The summed E-state index contributed by atoms with van der Waals surface area (Å²) in [7, 11) is -1.45. The average Bonchev–Trinajstić information content (AvgIpc) is 2.81. The number of likely N-dealkylation sites (N-methyl/N-ethyl adjacent to an activating group) is 1. The zero-order valence-electron chi connectivity index (χ0n) is 17.9. The summed E-state index contributed by atoms with van der Waals surface area (Å²) in [6.45, 7) is 4.74. The van der Waals surface area contributed by atoms with Gasteiger partial charge in [0.05, 0.1) is 10.8 Å². The smallest absolute Gasteiger partial charge is 0.243 e. The second-order valence-corrected chi connectivity index (χ2v) is 10.3. The standard InChI is InChI=1S/C23H30N4O3S/c1-25-14-16-26(17-15-25)21-11-9-20(10-12-21)24-23(28)19-6-5-13-27(18-19)31(29,30)22-7-3-2-4-8-22/h2-4,7-12,19H,5-6,13-18H2,1H3,(H,24,28)/t19-/m0/s1. The van der Waals surface area contributed by atoms with Crippen LogP contribution in [0.25, 0.3) is 0 Å². The number of benzene rings is 2. The van der Waals surface area contributed by atoms with E-state index in [2.05, 4.69) is 22.2 Å². The molecule has 2 aliphatic heterocycles. The Bertz CT molecular complexity index is 987. The Hall–Kier alpha value is -2.42. The van der Waals surface area contributed by atoms with Crippen molar-refractivity contribution in [1.82, 2.24) is 9.21 Å². The molecular formula is C23H30N4O3S. The van der Waals surface area contributed by atoms with Gasteiger partial charge in [-0.15, -0.1) is 0 Å². The van der Waals surface area contributed by atoms with Crippen molar-refractivity contribution in [2.75, 3.05) is 56.5 Å². The van der Waals surface area contributed by atoms with E-state index in [-0.39, 0.29) is 23.3 Å². The minimum atomic E-state index is -3.58. The summed E-state index contributed by atoms with van der Waals surface area (Å²) < 4.78 is 27.3. The zero-order valence-corrected chi connectivity index (χ0v) is 18.7. The molecular weight excluding hydrogens is 412 g/mol. The van der Waals surface area contributed by atoms with Gasteiger partial charge in [-0.2, -0.15) is 4.31 Å². The van der Waals surface area contributed by atoms with Crippen LogP contribution in [-0.4, -0.2) is 69.8 Å². The summed E-state index contributed by atoms with van der Waals surface area (Å²) in [5.41, 5.74) is 1.90. The first kappa shape index (κ1) is 21.8. The molecule has 2 aliphatic rings. The molecule has 8 heteroatoms. The lowest BCUT2D eigenvalue weighted by atomic mass is 9.98. The minimum absolute atomic E-state index is 0.125. The molecule has 4 rings (SSSR count). The Morgan fingerprint density at radius 2 is 1.61 bits per heavy atom. The number of piperazine rings is 1. The molecule has 0 aliphatic carbocycles. The SMILES string of the molecule is CN1CCN(c2ccc(NC(=O)[C@H]3CCCN(S(=O)(=O)c4ccccc4)C3)cc2)CC1. The molecule has 0 bridgehead atoms. The van der Waals surface area contributed by atoms with E-state index in [0.717, 1.165) is 37.6 Å². The number of sulfonamides is 1. The second-order valence-electron chi connectivity index (χ2n) is 8.34. The van der Waals surface area contributed by atoms with Crippen LogP contribution in [-0.2, 0) is 14.8 Å². The van der Waals surface area contributed by atoms with Gasteiger partial charge in [-0.1, -0.05) is 18.2 Å². The van der Waals surface area contributed by atoms with Crippen molar-refractivity contribution in [3.8, 4) is 0 Å². The predicted molar refractivity (Wildman–Crippen MR) is 123 cm³/mol. The van der Waals surface area contributed by atoms with Crippen LogP contribution >= 0.6 is 0 Å². The van der Waals surface area contributed by atoms with Crippen LogP contribution < -0.4 is 10.2 Å². The van der Waals surface area contributed by atoms with Gasteiger partial charge >= 0.3 is 0 Å². The van der Waals surface area contributed by atoms with E-state index in [0.29, 0.717) is 19.4 Å². The molecule has 2 saturated heterocycles. The maximum atomic E-state index is 12.9. The fourth-order valence-corrected chi connectivity index (χ4v) is 5.73. The molecule has 166 valence electrons. The highest BCUT2D eigenvalue weighted by Crippen LogP contribution is 2.25. The molecule has 0 spiro atoms. The first-order valence-corrected chi connectivity index (χ1v) is 12.3. The summed E-state index contributed by atoms with van der Waals surface area (Å²) in [6.07, 6.45) is 1.36. The van der Waals surface area contributed by atoms with E-state index in [1.807, 2.05) is 24.3 Å². The summed E-state index contributed by atoms with van der Waals surface area (Å²) in [5.74, 6) is -0.482. The number of anilines is 2. The lowest BCUT2D eigenvalue weighted by molar-refractivity contribution is -0.120. The maximum Gasteiger partial charge on any atom is 0.243 e. The monoisotopic (exact) mass is 442 g/mol. The number of nitrogens with one attached hydrogen (secondary N) is 1. The highest BCUT2D eigenvalue weighted by atomic mass is 32.2. The zero-order chi connectivity index (χ0) is 21.8. The van der Waals surface area contributed by atoms with E-state index in [4.69, 9.17) is 0 Å². The molecule has 1 amide bonds. The number of nitrogens with zero attached hydrogens (tertiary/aromatic N) is 3. The number of piperidine rings is 1. The second kappa shape index (κ2) is 9.38. The Morgan fingerprint density at radius 1 is 0.935 bits per heavy atom. The van der Waals surface area contributed by atoms with Crippen LogP contribution in [0.2, 0.25) is 0 Å². The lowest BCUT2D eigenvalue weighted by Crippen LogP contribution is -2.44. The van der Waals surface area contributed by atoms with Gasteiger partial charge in [-0.05, 0) is 56.3 Å². The van der Waals surface area contributed by atoms with Gasteiger partial charge in [0.25, 0.3) is 0 Å². The first-order chi connectivity index (χ1) is 14.9. The molecule has 0 saturated carbocycles. The summed E-state index contributed by atoms with van der Waals surface area (Å²) in [4.78, 5) is 17.8.